The quantitative estimate of drug-likeness (QED) is 0.614. The van der Waals surface area contributed by atoms with E-state index in [9.17, 15) is 4.79 Å². The molecular formula is C8H13NO2. The van der Waals surface area contributed by atoms with E-state index in [1.165, 1.54) is 19.8 Å². The second kappa shape index (κ2) is 4.01. The molecule has 0 aromatic rings. The van der Waals surface area contributed by atoms with Gasteiger partial charge >= 0.3 is 5.97 Å². The molecule has 0 radical (unpaired) electrons. The highest BCUT2D eigenvalue weighted by Crippen LogP contribution is 2.14. The zero-order valence-electron chi connectivity index (χ0n) is 6.72. The SMILES string of the molecule is CC(=O)ONC1=CCCCC1. The fourth-order valence-corrected chi connectivity index (χ4v) is 1.07. The predicted octanol–water partition coefficient (Wildman–Crippen LogP) is 1.51. The van der Waals surface area contributed by atoms with Crippen molar-refractivity contribution < 1.29 is 9.63 Å². The minimum absolute atomic E-state index is 0.295. The molecular weight excluding hydrogens is 142 g/mol. The molecule has 1 aliphatic carbocycles. The first-order chi connectivity index (χ1) is 5.29. The van der Waals surface area contributed by atoms with E-state index < -0.39 is 0 Å². The summed E-state index contributed by atoms with van der Waals surface area (Å²) in [6.45, 7) is 1.39. The molecule has 0 spiro atoms. The van der Waals surface area contributed by atoms with Crippen LogP contribution >= 0.6 is 0 Å². The smallest absolute Gasteiger partial charge is 0.329 e. The summed E-state index contributed by atoms with van der Waals surface area (Å²) in [5, 5.41) is 0. The Morgan fingerprint density at radius 2 is 2.45 bits per heavy atom. The summed E-state index contributed by atoms with van der Waals surface area (Å²) in [6, 6.07) is 0. The van der Waals surface area contributed by atoms with Gasteiger partial charge in [0.25, 0.3) is 0 Å². The molecule has 0 atom stereocenters. The Hall–Kier alpha value is -0.990. The number of hydrogen-bond donors (Lipinski definition) is 1. The second-order valence-electron chi connectivity index (χ2n) is 2.67. The fraction of sp³-hybridized carbons (Fsp3) is 0.625. The third kappa shape index (κ3) is 3.07. The third-order valence-electron chi connectivity index (χ3n) is 1.62. The van der Waals surface area contributed by atoms with Gasteiger partial charge in [0.05, 0.1) is 0 Å². The van der Waals surface area contributed by atoms with Crippen molar-refractivity contribution >= 4 is 5.97 Å². The first kappa shape index (κ1) is 8.11. The van der Waals surface area contributed by atoms with Gasteiger partial charge in [-0.05, 0) is 25.7 Å². The van der Waals surface area contributed by atoms with Crippen LogP contribution in [-0.2, 0) is 9.63 Å². The number of carbonyl (C=O) groups excluding carboxylic acids is 1. The van der Waals surface area contributed by atoms with Gasteiger partial charge in [-0.15, -0.1) is 0 Å². The molecule has 0 amide bonds. The Morgan fingerprint density at radius 1 is 1.64 bits per heavy atom. The van der Waals surface area contributed by atoms with Crippen molar-refractivity contribution in [3.8, 4) is 0 Å². The first-order valence-corrected chi connectivity index (χ1v) is 3.91. The lowest BCUT2D eigenvalue weighted by atomic mass is 10.1. The maximum atomic E-state index is 10.4. The molecule has 0 bridgehead atoms. The van der Waals surface area contributed by atoms with E-state index in [0.29, 0.717) is 0 Å². The average Bonchev–Trinajstić information content (AvgIpc) is 2.03. The maximum Gasteiger partial charge on any atom is 0.329 e. The van der Waals surface area contributed by atoms with Crippen LogP contribution in [0.4, 0.5) is 0 Å². The van der Waals surface area contributed by atoms with Gasteiger partial charge in [-0.25, -0.2) is 5.48 Å². The van der Waals surface area contributed by atoms with E-state index in [2.05, 4.69) is 16.4 Å². The number of hydroxylamine groups is 1. The molecule has 1 rings (SSSR count). The van der Waals surface area contributed by atoms with Gasteiger partial charge in [-0.2, -0.15) is 0 Å². The van der Waals surface area contributed by atoms with E-state index in [0.717, 1.165) is 18.5 Å². The molecule has 0 saturated carbocycles. The Morgan fingerprint density at radius 3 is 3.00 bits per heavy atom. The van der Waals surface area contributed by atoms with Crippen LogP contribution in [0, 0.1) is 0 Å². The van der Waals surface area contributed by atoms with Gasteiger partial charge in [0.15, 0.2) is 0 Å². The molecule has 0 saturated heterocycles. The van der Waals surface area contributed by atoms with Gasteiger partial charge < -0.3 is 4.84 Å². The topological polar surface area (TPSA) is 38.3 Å². The zero-order valence-corrected chi connectivity index (χ0v) is 6.72. The van der Waals surface area contributed by atoms with Crippen molar-refractivity contribution in [1.82, 2.24) is 5.48 Å². The number of hydrogen-bond acceptors (Lipinski definition) is 3. The predicted molar refractivity (Wildman–Crippen MR) is 41.5 cm³/mol. The van der Waals surface area contributed by atoms with Crippen molar-refractivity contribution in [3.05, 3.63) is 11.8 Å². The zero-order chi connectivity index (χ0) is 8.10. The fourth-order valence-electron chi connectivity index (χ4n) is 1.07. The van der Waals surface area contributed by atoms with E-state index in [1.807, 2.05) is 0 Å². The minimum atomic E-state index is -0.295. The largest absolute Gasteiger partial charge is 0.344 e. The highest BCUT2D eigenvalue weighted by atomic mass is 16.7. The van der Waals surface area contributed by atoms with Crippen LogP contribution in [0.2, 0.25) is 0 Å². The number of rotatable bonds is 2. The Balaban J connectivity index is 2.24. The summed E-state index contributed by atoms with van der Waals surface area (Å²) >= 11 is 0. The molecule has 0 fully saturated rings. The van der Waals surface area contributed by atoms with Crippen LogP contribution in [0.1, 0.15) is 32.6 Å². The van der Waals surface area contributed by atoms with Gasteiger partial charge in [-0.1, -0.05) is 6.08 Å². The summed E-state index contributed by atoms with van der Waals surface area (Å²) in [5.74, 6) is -0.295. The lowest BCUT2D eigenvalue weighted by molar-refractivity contribution is -0.146. The first-order valence-electron chi connectivity index (χ1n) is 3.91. The second-order valence-corrected chi connectivity index (χ2v) is 2.67. The Bertz CT molecular complexity index is 175. The van der Waals surface area contributed by atoms with E-state index in [1.54, 1.807) is 0 Å². The molecule has 1 N–H and O–H groups in total. The minimum Gasteiger partial charge on any atom is -0.344 e. The Kier molecular flexibility index (Phi) is 2.95. The number of nitrogens with one attached hydrogen (secondary N) is 1. The summed E-state index contributed by atoms with van der Waals surface area (Å²) < 4.78 is 0. The van der Waals surface area contributed by atoms with Crippen LogP contribution in [0.15, 0.2) is 11.8 Å². The standard InChI is InChI=1S/C8H13NO2/c1-7(10)11-9-8-5-3-2-4-6-8/h5,9H,2-4,6H2,1H3. The van der Waals surface area contributed by atoms with Crippen molar-refractivity contribution in [1.29, 1.82) is 0 Å². The van der Waals surface area contributed by atoms with Gasteiger partial charge in [0.1, 0.15) is 0 Å². The molecule has 0 aliphatic heterocycles. The van der Waals surface area contributed by atoms with Crippen LogP contribution < -0.4 is 5.48 Å². The van der Waals surface area contributed by atoms with E-state index in [4.69, 9.17) is 0 Å². The van der Waals surface area contributed by atoms with Crippen molar-refractivity contribution in [3.63, 3.8) is 0 Å². The average molecular weight is 155 g/mol. The highest BCUT2D eigenvalue weighted by molar-refractivity contribution is 5.65. The van der Waals surface area contributed by atoms with Crippen LogP contribution in [0.5, 0.6) is 0 Å². The summed E-state index contributed by atoms with van der Waals surface area (Å²) in [7, 11) is 0. The number of allylic oxidation sites excluding steroid dienone is 2. The third-order valence-corrected chi connectivity index (χ3v) is 1.62. The molecule has 0 unspecified atom stereocenters. The summed E-state index contributed by atoms with van der Waals surface area (Å²) in [5.41, 5.74) is 3.67. The van der Waals surface area contributed by atoms with Crippen LogP contribution in [-0.4, -0.2) is 5.97 Å². The molecule has 62 valence electrons. The Labute approximate surface area is 66.4 Å². The molecule has 3 nitrogen and oxygen atoms in total. The molecule has 0 aromatic heterocycles. The summed E-state index contributed by atoms with van der Waals surface area (Å²) in [4.78, 5) is 15.0. The van der Waals surface area contributed by atoms with Gasteiger partial charge in [0.2, 0.25) is 0 Å². The van der Waals surface area contributed by atoms with Crippen molar-refractivity contribution in [2.45, 2.75) is 32.6 Å². The van der Waals surface area contributed by atoms with Crippen LogP contribution in [0.3, 0.4) is 0 Å². The lowest BCUT2D eigenvalue weighted by Gasteiger charge is -2.12. The van der Waals surface area contributed by atoms with Gasteiger partial charge in [0, 0.05) is 12.6 Å². The van der Waals surface area contributed by atoms with E-state index >= 15 is 0 Å². The van der Waals surface area contributed by atoms with Crippen LogP contribution in [0.25, 0.3) is 0 Å². The monoisotopic (exact) mass is 155 g/mol. The molecule has 0 heterocycles. The number of carbonyl (C=O) groups is 1. The summed E-state index contributed by atoms with van der Waals surface area (Å²) in [6.07, 6.45) is 6.58. The lowest BCUT2D eigenvalue weighted by Crippen LogP contribution is -2.18. The molecule has 1 aliphatic rings. The molecule has 3 heteroatoms. The molecule has 11 heavy (non-hydrogen) atoms. The van der Waals surface area contributed by atoms with E-state index in [-0.39, 0.29) is 5.97 Å². The highest BCUT2D eigenvalue weighted by Gasteiger charge is 2.03. The normalized spacial score (nSPS) is 17.0. The van der Waals surface area contributed by atoms with Gasteiger partial charge in [-0.3, -0.25) is 4.79 Å². The maximum absolute atomic E-state index is 10.4. The van der Waals surface area contributed by atoms with Crippen molar-refractivity contribution in [2.24, 2.45) is 0 Å². The molecule has 0 aromatic carbocycles. The van der Waals surface area contributed by atoms with Crippen molar-refractivity contribution in [2.75, 3.05) is 0 Å².